The van der Waals surface area contributed by atoms with Crippen LogP contribution in [0.5, 0.6) is 0 Å². The first kappa shape index (κ1) is 29.2. The van der Waals surface area contributed by atoms with Gasteiger partial charge in [0.15, 0.2) is 0 Å². The molecule has 0 aromatic heterocycles. The van der Waals surface area contributed by atoms with Crippen LogP contribution in [0.25, 0.3) is 0 Å². The lowest BCUT2D eigenvalue weighted by Crippen LogP contribution is -2.30. The van der Waals surface area contributed by atoms with Gasteiger partial charge in [0.25, 0.3) is 5.91 Å². The molecule has 1 saturated carbocycles. The van der Waals surface area contributed by atoms with Gasteiger partial charge in [-0.05, 0) is 92.8 Å². The molecule has 0 bridgehead atoms. The van der Waals surface area contributed by atoms with Gasteiger partial charge in [-0.1, -0.05) is 57.2 Å². The van der Waals surface area contributed by atoms with Crippen molar-refractivity contribution in [1.29, 1.82) is 0 Å². The smallest absolute Gasteiger partial charge is 0.251 e. The summed E-state index contributed by atoms with van der Waals surface area (Å²) in [6, 6.07) is 16.8. The standard InChI is InChI=1S/C13H18N2O.C10H12.C7H13NO2/c1-14-9-8-10-2-4-11(5-3-10)13(16)15-12-6-7-12;1-8-6-9-4-2-3-5-10(9)7-8;1-6(2)3-7(4-9)8-5-10/h2-5,12,14H,6-9H2,1H3,(H,15,16);2-5,8H,6-7H2,1H3;4-7H,3H2,1-2H3,(H,8,10)/t;;7-/m..1/s1. The number of carbonyl (C=O) groups is 3. The van der Waals surface area contributed by atoms with Crippen molar-refractivity contribution in [3.63, 3.8) is 0 Å². The number of aldehydes is 1. The molecule has 2 amide bonds. The average Bonchev–Trinajstić information content (AvgIpc) is 3.60. The molecule has 4 rings (SSSR count). The van der Waals surface area contributed by atoms with Gasteiger partial charge in [-0.25, -0.2) is 0 Å². The zero-order valence-corrected chi connectivity index (χ0v) is 22.3. The molecule has 2 aromatic carbocycles. The second-order valence-corrected chi connectivity index (χ2v) is 10.2. The molecule has 196 valence electrons. The Balaban J connectivity index is 0.000000200. The van der Waals surface area contributed by atoms with Gasteiger partial charge in [-0.15, -0.1) is 0 Å². The van der Waals surface area contributed by atoms with Crippen molar-refractivity contribution >= 4 is 18.6 Å². The average molecular weight is 494 g/mol. The van der Waals surface area contributed by atoms with E-state index in [-0.39, 0.29) is 11.9 Å². The first-order valence-corrected chi connectivity index (χ1v) is 13.1. The Hall–Kier alpha value is -2.99. The lowest BCUT2D eigenvalue weighted by Gasteiger charge is -2.10. The second kappa shape index (κ2) is 15.9. The van der Waals surface area contributed by atoms with Gasteiger partial charge in [0, 0.05) is 11.6 Å². The molecular weight excluding hydrogens is 450 g/mol. The number of amides is 2. The van der Waals surface area contributed by atoms with E-state index in [1.165, 1.54) is 18.4 Å². The monoisotopic (exact) mass is 493 g/mol. The van der Waals surface area contributed by atoms with E-state index in [9.17, 15) is 14.4 Å². The summed E-state index contributed by atoms with van der Waals surface area (Å²) in [5, 5.41) is 8.51. The highest BCUT2D eigenvalue weighted by Crippen LogP contribution is 2.25. The Morgan fingerprint density at radius 1 is 1.00 bits per heavy atom. The number of nitrogens with one attached hydrogen (secondary N) is 3. The summed E-state index contributed by atoms with van der Waals surface area (Å²) in [5.41, 5.74) is 5.16. The van der Waals surface area contributed by atoms with E-state index < -0.39 is 0 Å². The summed E-state index contributed by atoms with van der Waals surface area (Å²) < 4.78 is 0. The Bertz CT molecular complexity index is 914. The largest absolute Gasteiger partial charge is 0.349 e. The topological polar surface area (TPSA) is 87.3 Å². The molecule has 6 heteroatoms. The van der Waals surface area contributed by atoms with Gasteiger partial charge >= 0.3 is 0 Å². The summed E-state index contributed by atoms with van der Waals surface area (Å²) in [4.78, 5) is 31.8. The predicted molar refractivity (Wildman–Crippen MR) is 146 cm³/mol. The van der Waals surface area contributed by atoms with Crippen molar-refractivity contribution in [2.45, 2.75) is 71.4 Å². The normalized spacial score (nSPS) is 14.9. The van der Waals surface area contributed by atoms with Crippen LogP contribution in [0.4, 0.5) is 0 Å². The van der Waals surface area contributed by atoms with E-state index in [2.05, 4.69) is 47.1 Å². The third kappa shape index (κ3) is 11.2. The molecule has 2 aromatic rings. The summed E-state index contributed by atoms with van der Waals surface area (Å²) in [7, 11) is 1.94. The number of hydrogen-bond donors (Lipinski definition) is 3. The Morgan fingerprint density at radius 3 is 2.08 bits per heavy atom. The molecule has 2 aliphatic rings. The Kier molecular flexibility index (Phi) is 12.9. The van der Waals surface area contributed by atoms with E-state index in [4.69, 9.17) is 0 Å². The van der Waals surface area contributed by atoms with Crippen molar-refractivity contribution in [2.24, 2.45) is 11.8 Å². The number of benzene rings is 2. The number of likely N-dealkylation sites (N-methyl/N-ethyl adjacent to an activating group) is 1. The number of fused-ring (bicyclic) bond motifs is 1. The number of hydrogen-bond acceptors (Lipinski definition) is 4. The Morgan fingerprint density at radius 2 is 1.61 bits per heavy atom. The molecule has 0 unspecified atom stereocenters. The molecule has 0 saturated heterocycles. The fourth-order valence-electron chi connectivity index (χ4n) is 4.13. The predicted octanol–water partition coefficient (Wildman–Crippen LogP) is 4.11. The zero-order chi connectivity index (χ0) is 26.3. The highest BCUT2D eigenvalue weighted by Gasteiger charge is 2.23. The SMILES string of the molecule is CC(C)C[C@H](C=O)NC=O.CC1Cc2ccccc2C1.CNCCc1ccc(C(=O)NC2CC2)cc1. The molecule has 0 spiro atoms. The molecular formula is C30H43N3O3. The van der Waals surface area contributed by atoms with Crippen LogP contribution < -0.4 is 16.0 Å². The Labute approximate surface area is 216 Å². The molecule has 0 aliphatic heterocycles. The number of carbonyl (C=O) groups excluding carboxylic acids is 3. The molecule has 3 N–H and O–H groups in total. The van der Waals surface area contributed by atoms with Gasteiger partial charge < -0.3 is 20.7 Å². The molecule has 36 heavy (non-hydrogen) atoms. The van der Waals surface area contributed by atoms with Crippen LogP contribution in [0.3, 0.4) is 0 Å². The van der Waals surface area contributed by atoms with E-state index in [0.29, 0.717) is 24.8 Å². The van der Waals surface area contributed by atoms with E-state index >= 15 is 0 Å². The highest BCUT2D eigenvalue weighted by atomic mass is 16.2. The third-order valence-electron chi connectivity index (χ3n) is 6.22. The highest BCUT2D eigenvalue weighted by molar-refractivity contribution is 5.94. The van der Waals surface area contributed by atoms with Crippen molar-refractivity contribution in [3.8, 4) is 0 Å². The maximum absolute atomic E-state index is 11.7. The first-order valence-electron chi connectivity index (χ1n) is 13.1. The van der Waals surface area contributed by atoms with Crippen LogP contribution in [0.15, 0.2) is 48.5 Å². The van der Waals surface area contributed by atoms with Crippen molar-refractivity contribution in [1.82, 2.24) is 16.0 Å². The van der Waals surface area contributed by atoms with Crippen LogP contribution in [0, 0.1) is 11.8 Å². The minimum absolute atomic E-state index is 0.0580. The summed E-state index contributed by atoms with van der Waals surface area (Å²) in [6.45, 7) is 7.29. The molecule has 2 aliphatic carbocycles. The molecule has 0 heterocycles. The quantitative estimate of drug-likeness (QED) is 0.435. The molecule has 0 radical (unpaired) electrons. The van der Waals surface area contributed by atoms with Gasteiger partial charge in [0.2, 0.25) is 6.41 Å². The van der Waals surface area contributed by atoms with Crippen LogP contribution >= 0.6 is 0 Å². The fourth-order valence-corrected chi connectivity index (χ4v) is 4.13. The van der Waals surface area contributed by atoms with Crippen LogP contribution in [-0.2, 0) is 28.9 Å². The maximum atomic E-state index is 11.7. The molecule has 6 nitrogen and oxygen atoms in total. The van der Waals surface area contributed by atoms with Crippen molar-refractivity contribution < 1.29 is 14.4 Å². The molecule has 1 fully saturated rings. The van der Waals surface area contributed by atoms with Gasteiger partial charge in [0.05, 0.1) is 6.04 Å². The van der Waals surface area contributed by atoms with E-state index in [0.717, 1.165) is 43.6 Å². The van der Waals surface area contributed by atoms with E-state index in [1.54, 1.807) is 11.1 Å². The third-order valence-corrected chi connectivity index (χ3v) is 6.22. The van der Waals surface area contributed by atoms with E-state index in [1.807, 2.05) is 45.2 Å². The zero-order valence-electron chi connectivity index (χ0n) is 22.3. The summed E-state index contributed by atoms with van der Waals surface area (Å²) >= 11 is 0. The first-order chi connectivity index (χ1) is 17.4. The fraction of sp³-hybridized carbons (Fsp3) is 0.500. The minimum atomic E-state index is -0.308. The van der Waals surface area contributed by atoms with Crippen molar-refractivity contribution in [3.05, 3.63) is 70.8 Å². The van der Waals surface area contributed by atoms with Crippen LogP contribution in [-0.4, -0.2) is 44.3 Å². The van der Waals surface area contributed by atoms with Crippen LogP contribution in [0.2, 0.25) is 0 Å². The second-order valence-electron chi connectivity index (χ2n) is 10.2. The maximum Gasteiger partial charge on any atom is 0.251 e. The van der Waals surface area contributed by atoms with Crippen LogP contribution in [0.1, 0.15) is 67.1 Å². The minimum Gasteiger partial charge on any atom is -0.349 e. The number of rotatable bonds is 10. The lowest BCUT2D eigenvalue weighted by atomic mass is 10.1. The van der Waals surface area contributed by atoms with Gasteiger partial charge in [0.1, 0.15) is 6.29 Å². The summed E-state index contributed by atoms with van der Waals surface area (Å²) in [6.07, 6.45) is 7.86. The van der Waals surface area contributed by atoms with Gasteiger partial charge in [-0.2, -0.15) is 0 Å². The summed E-state index contributed by atoms with van der Waals surface area (Å²) in [5.74, 6) is 1.36. The van der Waals surface area contributed by atoms with Crippen molar-refractivity contribution in [2.75, 3.05) is 13.6 Å². The molecule has 1 atom stereocenters. The lowest BCUT2D eigenvalue weighted by molar-refractivity contribution is -0.115. The van der Waals surface area contributed by atoms with Gasteiger partial charge in [-0.3, -0.25) is 9.59 Å².